The zero-order chi connectivity index (χ0) is 25.2. The molecule has 3 aromatic carbocycles. The molecule has 35 heavy (non-hydrogen) atoms. The second kappa shape index (κ2) is 10.2. The highest BCUT2D eigenvalue weighted by Crippen LogP contribution is 2.32. The number of anilines is 3. The normalized spacial score (nSPS) is 11.3. The van der Waals surface area contributed by atoms with Crippen LogP contribution in [0.2, 0.25) is 5.28 Å². The molecule has 0 spiro atoms. The maximum atomic E-state index is 13.0. The molecule has 1 aromatic heterocycles. The summed E-state index contributed by atoms with van der Waals surface area (Å²) in [6, 6.07) is 17.2. The number of alkyl halides is 3. The van der Waals surface area contributed by atoms with E-state index in [9.17, 15) is 18.0 Å². The SMILES string of the molecule is Cc1ccc(NC(=O)c2cccc(C(F)(F)F)c2)cc1-c1cccc(Nc2nc(Cl)ncc2I)c1. The number of aryl methyl sites for hydroxylation is 1. The van der Waals surface area contributed by atoms with Gasteiger partial charge in [-0.3, -0.25) is 4.79 Å². The van der Waals surface area contributed by atoms with Crippen molar-refractivity contribution >= 4 is 57.3 Å². The Bertz CT molecular complexity index is 1410. The van der Waals surface area contributed by atoms with Gasteiger partial charge in [-0.25, -0.2) is 4.98 Å². The van der Waals surface area contributed by atoms with Gasteiger partial charge in [0, 0.05) is 23.1 Å². The highest BCUT2D eigenvalue weighted by Gasteiger charge is 2.30. The van der Waals surface area contributed by atoms with E-state index in [1.807, 2.05) is 37.3 Å². The number of carbonyl (C=O) groups excluding carboxylic acids is 1. The number of amides is 1. The van der Waals surface area contributed by atoms with Gasteiger partial charge in [0.25, 0.3) is 5.91 Å². The van der Waals surface area contributed by atoms with Crippen molar-refractivity contribution in [2.45, 2.75) is 13.1 Å². The predicted octanol–water partition coefficient (Wildman–Crippen LogP) is 7.72. The minimum absolute atomic E-state index is 0.0775. The number of rotatable bonds is 5. The topological polar surface area (TPSA) is 66.9 Å². The van der Waals surface area contributed by atoms with Gasteiger partial charge in [0.2, 0.25) is 5.28 Å². The highest BCUT2D eigenvalue weighted by atomic mass is 127. The van der Waals surface area contributed by atoms with E-state index in [0.717, 1.165) is 38.1 Å². The summed E-state index contributed by atoms with van der Waals surface area (Å²) in [7, 11) is 0. The van der Waals surface area contributed by atoms with E-state index in [2.05, 4.69) is 43.2 Å². The Balaban J connectivity index is 1.59. The van der Waals surface area contributed by atoms with Gasteiger partial charge >= 0.3 is 6.18 Å². The Hall–Kier alpha value is -3.18. The predicted molar refractivity (Wildman–Crippen MR) is 139 cm³/mol. The molecule has 178 valence electrons. The smallest absolute Gasteiger partial charge is 0.339 e. The third-order valence-electron chi connectivity index (χ3n) is 5.10. The Morgan fingerprint density at radius 1 is 1.00 bits per heavy atom. The lowest BCUT2D eigenvalue weighted by Gasteiger charge is -2.13. The van der Waals surface area contributed by atoms with Crippen LogP contribution in [0.3, 0.4) is 0 Å². The lowest BCUT2D eigenvalue weighted by atomic mass is 9.99. The molecular weight excluding hydrogens is 592 g/mol. The summed E-state index contributed by atoms with van der Waals surface area (Å²) in [5.41, 5.74) is 2.96. The first-order valence-electron chi connectivity index (χ1n) is 10.2. The third-order valence-corrected chi connectivity index (χ3v) is 6.07. The molecule has 0 unspecified atom stereocenters. The van der Waals surface area contributed by atoms with Crippen LogP contribution in [-0.2, 0) is 6.18 Å². The Kier molecular flexibility index (Phi) is 7.27. The molecule has 1 amide bonds. The summed E-state index contributed by atoms with van der Waals surface area (Å²) in [5.74, 6) is -0.0573. The number of aromatic nitrogens is 2. The molecule has 0 fully saturated rings. The van der Waals surface area contributed by atoms with Gasteiger partial charge in [0.05, 0.1) is 9.13 Å². The number of carbonyl (C=O) groups is 1. The number of halogens is 5. The molecule has 0 saturated heterocycles. The van der Waals surface area contributed by atoms with Crippen molar-refractivity contribution in [2.24, 2.45) is 0 Å². The molecule has 0 saturated carbocycles. The average molecular weight is 609 g/mol. The zero-order valence-electron chi connectivity index (χ0n) is 18.1. The summed E-state index contributed by atoms with van der Waals surface area (Å²) < 4.78 is 39.8. The number of nitrogens with one attached hydrogen (secondary N) is 2. The van der Waals surface area contributed by atoms with E-state index in [-0.39, 0.29) is 10.8 Å². The van der Waals surface area contributed by atoms with E-state index < -0.39 is 17.6 Å². The summed E-state index contributed by atoms with van der Waals surface area (Å²) >= 11 is 8.02. The Labute approximate surface area is 217 Å². The van der Waals surface area contributed by atoms with Crippen molar-refractivity contribution in [1.82, 2.24) is 9.97 Å². The number of benzene rings is 3. The third kappa shape index (κ3) is 6.09. The maximum absolute atomic E-state index is 13.0. The van der Waals surface area contributed by atoms with Crippen LogP contribution in [0, 0.1) is 10.5 Å². The van der Waals surface area contributed by atoms with E-state index in [1.54, 1.807) is 18.3 Å². The second-order valence-corrected chi connectivity index (χ2v) is 9.10. The van der Waals surface area contributed by atoms with Crippen LogP contribution < -0.4 is 10.6 Å². The van der Waals surface area contributed by atoms with Crippen LogP contribution >= 0.6 is 34.2 Å². The van der Waals surface area contributed by atoms with Gasteiger partial charge in [-0.1, -0.05) is 24.3 Å². The van der Waals surface area contributed by atoms with Crippen LogP contribution in [0.25, 0.3) is 11.1 Å². The van der Waals surface area contributed by atoms with Gasteiger partial charge in [-0.05, 0) is 100 Å². The van der Waals surface area contributed by atoms with Crippen molar-refractivity contribution in [3.63, 3.8) is 0 Å². The van der Waals surface area contributed by atoms with Crippen LogP contribution in [-0.4, -0.2) is 15.9 Å². The molecule has 0 aliphatic rings. The van der Waals surface area contributed by atoms with Gasteiger partial charge in [-0.15, -0.1) is 0 Å². The summed E-state index contributed by atoms with van der Waals surface area (Å²) in [6.07, 6.45) is -2.91. The van der Waals surface area contributed by atoms with Crippen LogP contribution in [0.15, 0.2) is 72.9 Å². The van der Waals surface area contributed by atoms with Crippen molar-refractivity contribution < 1.29 is 18.0 Å². The molecular formula is C25H17ClF3IN4O. The van der Waals surface area contributed by atoms with Gasteiger partial charge in [0.15, 0.2) is 0 Å². The van der Waals surface area contributed by atoms with Crippen molar-refractivity contribution in [1.29, 1.82) is 0 Å². The molecule has 0 radical (unpaired) electrons. The molecule has 2 N–H and O–H groups in total. The second-order valence-electron chi connectivity index (χ2n) is 7.60. The minimum atomic E-state index is -4.53. The summed E-state index contributed by atoms with van der Waals surface area (Å²) in [4.78, 5) is 20.8. The van der Waals surface area contributed by atoms with Crippen LogP contribution in [0.4, 0.5) is 30.4 Å². The summed E-state index contributed by atoms with van der Waals surface area (Å²) in [6.45, 7) is 1.93. The Morgan fingerprint density at radius 3 is 2.54 bits per heavy atom. The van der Waals surface area contributed by atoms with Crippen LogP contribution in [0.5, 0.6) is 0 Å². The van der Waals surface area contributed by atoms with Crippen molar-refractivity contribution in [3.8, 4) is 11.1 Å². The lowest BCUT2D eigenvalue weighted by Crippen LogP contribution is -2.14. The summed E-state index contributed by atoms with van der Waals surface area (Å²) in [5, 5.41) is 6.04. The first kappa shape index (κ1) is 24.9. The molecule has 1 heterocycles. The first-order chi connectivity index (χ1) is 16.6. The fourth-order valence-electron chi connectivity index (χ4n) is 3.39. The van der Waals surface area contributed by atoms with Crippen LogP contribution in [0.1, 0.15) is 21.5 Å². The van der Waals surface area contributed by atoms with Gasteiger partial charge in [-0.2, -0.15) is 18.2 Å². The largest absolute Gasteiger partial charge is 0.416 e. The Morgan fingerprint density at radius 2 is 1.77 bits per heavy atom. The molecule has 4 aromatic rings. The van der Waals surface area contributed by atoms with E-state index in [0.29, 0.717) is 11.5 Å². The standard InChI is InChI=1S/C25H17ClF3IN4O/c1-14-8-9-19(33-23(35)16-5-2-6-17(10-16)25(27,28)29)12-20(14)15-4-3-7-18(11-15)32-22-21(30)13-31-24(26)34-22/h2-13H,1H3,(H,33,35)(H,31,32,34). The number of hydrogen-bond donors (Lipinski definition) is 2. The molecule has 10 heteroatoms. The quantitative estimate of drug-likeness (QED) is 0.180. The minimum Gasteiger partial charge on any atom is -0.339 e. The van der Waals surface area contributed by atoms with Crippen molar-refractivity contribution in [2.75, 3.05) is 10.6 Å². The van der Waals surface area contributed by atoms with E-state index >= 15 is 0 Å². The molecule has 0 aliphatic heterocycles. The molecule has 4 rings (SSSR count). The number of nitrogens with zero attached hydrogens (tertiary/aromatic N) is 2. The fraction of sp³-hybridized carbons (Fsp3) is 0.0800. The van der Waals surface area contributed by atoms with Crippen molar-refractivity contribution in [3.05, 3.63) is 98.5 Å². The van der Waals surface area contributed by atoms with Gasteiger partial charge in [0.1, 0.15) is 5.82 Å². The molecule has 0 bridgehead atoms. The fourth-order valence-corrected chi connectivity index (χ4v) is 3.91. The number of hydrogen-bond acceptors (Lipinski definition) is 4. The lowest BCUT2D eigenvalue weighted by molar-refractivity contribution is -0.137. The van der Waals surface area contributed by atoms with E-state index in [1.165, 1.54) is 12.1 Å². The zero-order valence-corrected chi connectivity index (χ0v) is 21.0. The van der Waals surface area contributed by atoms with Gasteiger partial charge < -0.3 is 10.6 Å². The first-order valence-corrected chi connectivity index (χ1v) is 11.7. The molecule has 5 nitrogen and oxygen atoms in total. The molecule has 0 aliphatic carbocycles. The van der Waals surface area contributed by atoms with E-state index in [4.69, 9.17) is 11.6 Å². The average Bonchev–Trinajstić information content (AvgIpc) is 2.82. The highest BCUT2D eigenvalue weighted by molar-refractivity contribution is 14.1. The molecule has 0 atom stereocenters. The maximum Gasteiger partial charge on any atom is 0.416 e. The monoisotopic (exact) mass is 608 g/mol.